The summed E-state index contributed by atoms with van der Waals surface area (Å²) in [5, 5.41) is 0. The third-order valence-corrected chi connectivity index (χ3v) is 4.59. The maximum absolute atomic E-state index is 12.9. The van der Waals surface area contributed by atoms with Gasteiger partial charge in [-0.3, -0.25) is 19.4 Å². The van der Waals surface area contributed by atoms with Crippen LogP contribution >= 0.6 is 0 Å². The van der Waals surface area contributed by atoms with Gasteiger partial charge in [-0.1, -0.05) is 35.4 Å². The van der Waals surface area contributed by atoms with Gasteiger partial charge in [0.1, 0.15) is 12.1 Å². The van der Waals surface area contributed by atoms with Crippen molar-refractivity contribution in [2.24, 2.45) is 0 Å². The molecule has 0 spiro atoms. The molecule has 24 heavy (non-hydrogen) atoms. The first kappa shape index (κ1) is 16.2. The van der Waals surface area contributed by atoms with E-state index in [-0.39, 0.29) is 11.8 Å². The van der Waals surface area contributed by atoms with Gasteiger partial charge in [0, 0.05) is 11.4 Å². The van der Waals surface area contributed by atoms with Crippen LogP contribution in [0, 0.1) is 13.8 Å². The fourth-order valence-corrected chi connectivity index (χ4v) is 3.12. The highest BCUT2D eigenvalue weighted by Crippen LogP contribution is 2.29. The third kappa shape index (κ3) is 2.68. The quantitative estimate of drug-likeness (QED) is 0.849. The summed E-state index contributed by atoms with van der Waals surface area (Å²) in [6, 6.07) is 14.3. The Kier molecular flexibility index (Phi) is 4.14. The summed E-state index contributed by atoms with van der Waals surface area (Å²) < 4.78 is 0. The Labute approximate surface area is 142 Å². The van der Waals surface area contributed by atoms with E-state index >= 15 is 0 Å². The lowest BCUT2D eigenvalue weighted by molar-refractivity contribution is -0.130. The minimum absolute atomic E-state index is 0.0634. The van der Waals surface area contributed by atoms with E-state index in [1.807, 2.05) is 62.4 Å². The molecule has 1 saturated heterocycles. The maximum Gasteiger partial charge on any atom is 0.250 e. The van der Waals surface area contributed by atoms with E-state index in [4.69, 9.17) is 0 Å². The van der Waals surface area contributed by atoms with Crippen molar-refractivity contribution in [1.29, 1.82) is 0 Å². The normalized spacial score (nSPS) is 21.3. The molecule has 0 N–H and O–H groups in total. The van der Waals surface area contributed by atoms with Crippen LogP contribution < -0.4 is 9.80 Å². The van der Waals surface area contributed by atoms with E-state index in [1.165, 1.54) is 0 Å². The zero-order chi connectivity index (χ0) is 17.4. The Morgan fingerprint density at radius 1 is 0.625 bits per heavy atom. The number of carbonyl (C=O) groups is 2. The number of carbonyl (C=O) groups excluding carboxylic acids is 2. The van der Waals surface area contributed by atoms with Gasteiger partial charge >= 0.3 is 0 Å². The number of nitrogens with zero attached hydrogens (tertiary/aromatic N) is 2. The monoisotopic (exact) mass is 322 g/mol. The average Bonchev–Trinajstić information content (AvgIpc) is 2.57. The molecule has 1 fully saturated rings. The number of benzene rings is 2. The molecule has 2 atom stereocenters. The summed E-state index contributed by atoms with van der Waals surface area (Å²) >= 11 is 0. The van der Waals surface area contributed by atoms with Crippen molar-refractivity contribution in [1.82, 2.24) is 0 Å². The van der Waals surface area contributed by atoms with Gasteiger partial charge in [-0.2, -0.15) is 0 Å². The lowest BCUT2D eigenvalue weighted by atomic mass is 10.0. The highest BCUT2D eigenvalue weighted by molar-refractivity contribution is 6.15. The fraction of sp³-hybridized carbons (Fsp3) is 0.300. The summed E-state index contributed by atoms with van der Waals surface area (Å²) in [5.41, 5.74) is 3.77. The van der Waals surface area contributed by atoms with Gasteiger partial charge in [0.2, 0.25) is 0 Å². The minimum Gasteiger partial charge on any atom is -0.298 e. The molecule has 0 unspecified atom stereocenters. The molecule has 2 aromatic carbocycles. The van der Waals surface area contributed by atoms with Gasteiger partial charge in [0.05, 0.1) is 0 Å². The van der Waals surface area contributed by atoms with Crippen molar-refractivity contribution in [2.45, 2.75) is 39.8 Å². The number of piperazine rings is 1. The number of hydrogen-bond donors (Lipinski definition) is 0. The van der Waals surface area contributed by atoms with Crippen molar-refractivity contribution in [3.63, 3.8) is 0 Å². The number of rotatable bonds is 2. The first-order valence-electron chi connectivity index (χ1n) is 8.19. The Balaban J connectivity index is 1.97. The highest BCUT2D eigenvalue weighted by atomic mass is 16.2. The van der Waals surface area contributed by atoms with Crippen molar-refractivity contribution < 1.29 is 9.59 Å². The molecule has 4 heteroatoms. The largest absolute Gasteiger partial charge is 0.298 e. The van der Waals surface area contributed by atoms with Crippen molar-refractivity contribution in [3.8, 4) is 0 Å². The molecular formula is C20H22N2O2. The van der Waals surface area contributed by atoms with Crippen LogP contribution in [-0.2, 0) is 9.59 Å². The molecule has 1 aliphatic heterocycles. The highest BCUT2D eigenvalue weighted by Gasteiger charge is 2.43. The van der Waals surface area contributed by atoms with Crippen molar-refractivity contribution in [2.75, 3.05) is 9.80 Å². The van der Waals surface area contributed by atoms with E-state index in [0.29, 0.717) is 0 Å². The maximum atomic E-state index is 12.9. The van der Waals surface area contributed by atoms with E-state index < -0.39 is 12.1 Å². The van der Waals surface area contributed by atoms with E-state index in [2.05, 4.69) is 0 Å². The average molecular weight is 322 g/mol. The van der Waals surface area contributed by atoms with Crippen LogP contribution in [0.2, 0.25) is 0 Å². The third-order valence-electron chi connectivity index (χ3n) is 4.59. The summed E-state index contributed by atoms with van der Waals surface area (Å²) in [6.45, 7) is 7.57. The molecule has 0 aromatic heterocycles. The van der Waals surface area contributed by atoms with Crippen LogP contribution in [0.1, 0.15) is 25.0 Å². The second-order valence-corrected chi connectivity index (χ2v) is 6.44. The molecule has 124 valence electrons. The van der Waals surface area contributed by atoms with Gasteiger partial charge in [-0.15, -0.1) is 0 Å². The lowest BCUT2D eigenvalue weighted by Gasteiger charge is -2.42. The van der Waals surface area contributed by atoms with E-state index in [1.54, 1.807) is 23.6 Å². The predicted octanol–water partition coefficient (Wildman–Crippen LogP) is 3.46. The van der Waals surface area contributed by atoms with Crippen LogP contribution in [0.25, 0.3) is 0 Å². The standard InChI is InChI=1S/C20H22N2O2/c1-13-5-9-17(10-6-13)21-15(3)20(24)22(16(4)19(21)23)18-11-7-14(2)8-12-18/h5-12,15-16H,1-4H3/t15-,16+. The number of aryl methyl sites for hydroxylation is 2. The van der Waals surface area contributed by atoms with Crippen LogP contribution in [0.4, 0.5) is 11.4 Å². The number of amides is 2. The van der Waals surface area contributed by atoms with Gasteiger partial charge in [-0.05, 0) is 52.0 Å². The Bertz CT molecular complexity index is 698. The molecule has 4 nitrogen and oxygen atoms in total. The van der Waals surface area contributed by atoms with Crippen LogP contribution in [0.3, 0.4) is 0 Å². The van der Waals surface area contributed by atoms with Crippen LogP contribution in [0.5, 0.6) is 0 Å². The molecule has 1 aliphatic rings. The summed E-state index contributed by atoms with van der Waals surface area (Å²) in [4.78, 5) is 29.1. The zero-order valence-electron chi connectivity index (χ0n) is 14.5. The topological polar surface area (TPSA) is 40.6 Å². The molecule has 2 aromatic rings. The molecule has 0 saturated carbocycles. The molecule has 0 aliphatic carbocycles. The molecule has 3 rings (SSSR count). The number of hydrogen-bond acceptors (Lipinski definition) is 2. The minimum atomic E-state index is -0.530. The number of anilines is 2. The molecule has 0 radical (unpaired) electrons. The Morgan fingerprint density at radius 2 is 0.917 bits per heavy atom. The summed E-state index contributed by atoms with van der Waals surface area (Å²) in [6.07, 6.45) is 0. The molecular weight excluding hydrogens is 300 g/mol. The second-order valence-electron chi connectivity index (χ2n) is 6.44. The summed E-state index contributed by atoms with van der Waals surface area (Å²) in [5.74, 6) is -0.127. The van der Waals surface area contributed by atoms with Gasteiger partial charge in [-0.25, -0.2) is 0 Å². The molecule has 1 heterocycles. The SMILES string of the molecule is Cc1ccc(N2C(=O)[C@H](C)N(c3ccc(C)cc3)C(=O)[C@H]2C)cc1. The molecule has 0 bridgehead atoms. The van der Waals surface area contributed by atoms with Gasteiger partial charge < -0.3 is 0 Å². The lowest BCUT2D eigenvalue weighted by Crippen LogP contribution is -2.63. The van der Waals surface area contributed by atoms with Crippen LogP contribution in [-0.4, -0.2) is 23.9 Å². The molecule has 2 amide bonds. The van der Waals surface area contributed by atoms with Gasteiger partial charge in [0.15, 0.2) is 0 Å². The van der Waals surface area contributed by atoms with Gasteiger partial charge in [0.25, 0.3) is 11.8 Å². The van der Waals surface area contributed by atoms with Crippen molar-refractivity contribution >= 4 is 23.2 Å². The second kappa shape index (κ2) is 6.11. The first-order valence-corrected chi connectivity index (χ1v) is 8.19. The van der Waals surface area contributed by atoms with Crippen molar-refractivity contribution in [3.05, 3.63) is 59.7 Å². The predicted molar refractivity (Wildman–Crippen MR) is 96.3 cm³/mol. The first-order chi connectivity index (χ1) is 11.4. The fourth-order valence-electron chi connectivity index (χ4n) is 3.12. The Morgan fingerprint density at radius 3 is 1.21 bits per heavy atom. The van der Waals surface area contributed by atoms with E-state index in [0.717, 1.165) is 22.5 Å². The zero-order valence-corrected chi connectivity index (χ0v) is 14.5. The van der Waals surface area contributed by atoms with E-state index in [9.17, 15) is 9.59 Å². The van der Waals surface area contributed by atoms with Crippen LogP contribution in [0.15, 0.2) is 48.5 Å². The summed E-state index contributed by atoms with van der Waals surface area (Å²) in [7, 11) is 0. The Hall–Kier alpha value is -2.62. The smallest absolute Gasteiger partial charge is 0.250 e.